The lowest BCUT2D eigenvalue weighted by molar-refractivity contribution is -0.139. The molecule has 1 saturated heterocycles. The minimum absolute atomic E-state index is 0.215. The summed E-state index contributed by atoms with van der Waals surface area (Å²) in [5.74, 6) is 0.296. The Morgan fingerprint density at radius 2 is 2.24 bits per heavy atom. The molecule has 100 valence electrons. The number of nitrogens with one attached hydrogen (secondary N) is 1. The molecular formula is C13H26N2O2. The number of hydrogen-bond donors (Lipinski definition) is 1. The van der Waals surface area contributed by atoms with Gasteiger partial charge in [-0.15, -0.1) is 0 Å². The Hall–Kier alpha value is -0.610. The summed E-state index contributed by atoms with van der Waals surface area (Å²) in [6.07, 6.45) is 5.34. The molecule has 1 aliphatic rings. The van der Waals surface area contributed by atoms with Crippen LogP contribution in [0.25, 0.3) is 0 Å². The van der Waals surface area contributed by atoms with Crippen LogP contribution in [-0.4, -0.2) is 50.2 Å². The molecule has 0 bridgehead atoms. The molecule has 4 nitrogen and oxygen atoms in total. The zero-order valence-corrected chi connectivity index (χ0v) is 11.2. The lowest BCUT2D eigenvalue weighted by Gasteiger charge is -2.35. The van der Waals surface area contributed by atoms with Gasteiger partial charge in [-0.25, -0.2) is 0 Å². The second kappa shape index (κ2) is 8.48. The number of rotatable bonds is 7. The van der Waals surface area contributed by atoms with Crippen LogP contribution in [0, 0.1) is 0 Å². The lowest BCUT2D eigenvalue weighted by Crippen LogP contribution is -2.52. The molecule has 0 aromatic carbocycles. The van der Waals surface area contributed by atoms with Crippen LogP contribution in [0.2, 0.25) is 0 Å². The molecule has 0 spiro atoms. The number of carbonyl (C=O) groups is 1. The van der Waals surface area contributed by atoms with E-state index in [0.717, 1.165) is 19.5 Å². The van der Waals surface area contributed by atoms with Gasteiger partial charge >= 0.3 is 0 Å². The standard InChI is InChI=1S/C13H26N2O2/c1-3-4-5-6-7-13(16)15-8-9-17-11-12(15)10-14-2/h12,14H,3-11H2,1-2H3. The van der Waals surface area contributed by atoms with Gasteiger partial charge in [-0.3, -0.25) is 4.79 Å². The highest BCUT2D eigenvalue weighted by Gasteiger charge is 2.25. The van der Waals surface area contributed by atoms with Crippen molar-refractivity contribution >= 4 is 5.91 Å². The largest absolute Gasteiger partial charge is 0.377 e. The third-order valence-corrected chi connectivity index (χ3v) is 3.23. The van der Waals surface area contributed by atoms with Gasteiger partial charge in [-0.2, -0.15) is 0 Å². The van der Waals surface area contributed by atoms with Crippen LogP contribution in [0.1, 0.15) is 39.0 Å². The number of carbonyl (C=O) groups excluding carboxylic acids is 1. The van der Waals surface area contributed by atoms with E-state index < -0.39 is 0 Å². The summed E-state index contributed by atoms with van der Waals surface area (Å²) < 4.78 is 5.42. The summed E-state index contributed by atoms with van der Waals surface area (Å²) in [4.78, 5) is 14.1. The molecule has 17 heavy (non-hydrogen) atoms. The minimum atomic E-state index is 0.215. The first-order valence-corrected chi connectivity index (χ1v) is 6.81. The van der Waals surface area contributed by atoms with E-state index in [-0.39, 0.29) is 6.04 Å². The maximum atomic E-state index is 12.1. The SMILES string of the molecule is CCCCCCC(=O)N1CCOCC1CNC. The van der Waals surface area contributed by atoms with Crippen LogP contribution in [0.4, 0.5) is 0 Å². The highest BCUT2D eigenvalue weighted by atomic mass is 16.5. The first-order valence-electron chi connectivity index (χ1n) is 6.81. The molecule has 1 unspecified atom stereocenters. The van der Waals surface area contributed by atoms with E-state index in [1.54, 1.807) is 0 Å². The van der Waals surface area contributed by atoms with Gasteiger partial charge in [-0.1, -0.05) is 26.2 Å². The minimum Gasteiger partial charge on any atom is -0.377 e. The van der Waals surface area contributed by atoms with E-state index in [1.165, 1.54) is 19.3 Å². The molecule has 0 aliphatic carbocycles. The summed E-state index contributed by atoms with van der Waals surface area (Å²) in [5.41, 5.74) is 0. The number of morpholine rings is 1. The zero-order chi connectivity index (χ0) is 12.5. The van der Waals surface area contributed by atoms with Gasteiger partial charge in [0.15, 0.2) is 0 Å². The van der Waals surface area contributed by atoms with Crippen molar-refractivity contribution in [3.63, 3.8) is 0 Å². The van der Waals surface area contributed by atoms with Crippen molar-refractivity contribution in [2.45, 2.75) is 45.1 Å². The summed E-state index contributed by atoms with van der Waals surface area (Å²) in [6, 6.07) is 0.215. The Kier molecular flexibility index (Phi) is 7.21. The first-order chi connectivity index (χ1) is 8.29. The second-order valence-electron chi connectivity index (χ2n) is 4.68. The monoisotopic (exact) mass is 242 g/mol. The molecule has 0 saturated carbocycles. The zero-order valence-electron chi connectivity index (χ0n) is 11.2. The highest BCUT2D eigenvalue weighted by molar-refractivity contribution is 5.76. The molecule has 1 heterocycles. The number of unbranched alkanes of at least 4 members (excludes halogenated alkanes) is 3. The molecule has 0 aromatic rings. The Bertz CT molecular complexity index is 219. The summed E-state index contributed by atoms with van der Waals surface area (Å²) in [5, 5.41) is 3.12. The van der Waals surface area contributed by atoms with Crippen molar-refractivity contribution in [3.8, 4) is 0 Å². The highest BCUT2D eigenvalue weighted by Crippen LogP contribution is 2.11. The molecule has 1 aliphatic heterocycles. The fourth-order valence-electron chi connectivity index (χ4n) is 2.23. The van der Waals surface area contributed by atoms with Crippen molar-refractivity contribution < 1.29 is 9.53 Å². The smallest absolute Gasteiger partial charge is 0.223 e. The molecule has 0 aromatic heterocycles. The predicted octanol–water partition coefficient (Wildman–Crippen LogP) is 1.40. The molecular weight excluding hydrogens is 216 g/mol. The van der Waals surface area contributed by atoms with Crippen LogP contribution in [-0.2, 0) is 9.53 Å². The van der Waals surface area contributed by atoms with E-state index in [0.29, 0.717) is 25.5 Å². The van der Waals surface area contributed by atoms with Gasteiger partial charge in [-0.05, 0) is 13.5 Å². The fourth-order valence-corrected chi connectivity index (χ4v) is 2.23. The number of nitrogens with zero attached hydrogens (tertiary/aromatic N) is 1. The molecule has 1 amide bonds. The Morgan fingerprint density at radius 3 is 2.94 bits per heavy atom. The normalized spacial score (nSPS) is 20.6. The van der Waals surface area contributed by atoms with Crippen molar-refractivity contribution in [2.75, 3.05) is 33.4 Å². The van der Waals surface area contributed by atoms with Gasteiger partial charge in [0.2, 0.25) is 5.91 Å². The van der Waals surface area contributed by atoms with Gasteiger partial charge < -0.3 is 15.0 Å². The summed E-state index contributed by atoms with van der Waals surface area (Å²) in [7, 11) is 1.92. The van der Waals surface area contributed by atoms with E-state index >= 15 is 0 Å². The van der Waals surface area contributed by atoms with E-state index in [1.807, 2.05) is 11.9 Å². The maximum Gasteiger partial charge on any atom is 0.223 e. The van der Waals surface area contributed by atoms with Crippen molar-refractivity contribution in [2.24, 2.45) is 0 Å². The second-order valence-corrected chi connectivity index (χ2v) is 4.68. The molecule has 1 atom stereocenters. The quantitative estimate of drug-likeness (QED) is 0.686. The van der Waals surface area contributed by atoms with Crippen LogP contribution in [0.5, 0.6) is 0 Å². The number of ether oxygens (including phenoxy) is 1. The van der Waals surface area contributed by atoms with Crippen LogP contribution in [0.15, 0.2) is 0 Å². The van der Waals surface area contributed by atoms with Gasteiger partial charge in [0.25, 0.3) is 0 Å². The number of hydrogen-bond acceptors (Lipinski definition) is 3. The third-order valence-electron chi connectivity index (χ3n) is 3.23. The average Bonchev–Trinajstić information content (AvgIpc) is 2.35. The summed E-state index contributed by atoms with van der Waals surface area (Å²) >= 11 is 0. The van der Waals surface area contributed by atoms with Gasteiger partial charge in [0, 0.05) is 19.5 Å². The van der Waals surface area contributed by atoms with Crippen LogP contribution < -0.4 is 5.32 Å². The van der Waals surface area contributed by atoms with Crippen molar-refractivity contribution in [3.05, 3.63) is 0 Å². The van der Waals surface area contributed by atoms with E-state index in [2.05, 4.69) is 12.2 Å². The van der Waals surface area contributed by atoms with Gasteiger partial charge in [0.1, 0.15) is 0 Å². The number of likely N-dealkylation sites (N-methyl/N-ethyl adjacent to an activating group) is 1. The third kappa shape index (κ3) is 5.04. The fraction of sp³-hybridized carbons (Fsp3) is 0.923. The van der Waals surface area contributed by atoms with Crippen molar-refractivity contribution in [1.82, 2.24) is 10.2 Å². The van der Waals surface area contributed by atoms with E-state index in [9.17, 15) is 4.79 Å². The Labute approximate surface area is 105 Å². The maximum absolute atomic E-state index is 12.1. The Balaban J connectivity index is 2.31. The molecule has 1 N–H and O–H groups in total. The summed E-state index contributed by atoms with van der Waals surface area (Å²) in [6.45, 7) is 5.11. The van der Waals surface area contributed by atoms with Crippen molar-refractivity contribution in [1.29, 1.82) is 0 Å². The first kappa shape index (κ1) is 14.5. The molecule has 0 radical (unpaired) electrons. The topological polar surface area (TPSA) is 41.6 Å². The van der Waals surface area contributed by atoms with E-state index in [4.69, 9.17) is 4.74 Å². The molecule has 1 fully saturated rings. The van der Waals surface area contributed by atoms with Crippen LogP contribution >= 0.6 is 0 Å². The lowest BCUT2D eigenvalue weighted by atomic mass is 10.1. The number of amides is 1. The molecule has 4 heteroatoms. The van der Waals surface area contributed by atoms with Gasteiger partial charge in [0.05, 0.1) is 19.3 Å². The van der Waals surface area contributed by atoms with Crippen LogP contribution in [0.3, 0.4) is 0 Å². The molecule has 1 rings (SSSR count). The Morgan fingerprint density at radius 1 is 1.41 bits per heavy atom. The predicted molar refractivity (Wildman–Crippen MR) is 69.0 cm³/mol. The average molecular weight is 242 g/mol.